The predicted octanol–water partition coefficient (Wildman–Crippen LogP) is 3.60. The van der Waals surface area contributed by atoms with Gasteiger partial charge in [0.05, 0.1) is 12.8 Å². The van der Waals surface area contributed by atoms with Crippen molar-refractivity contribution < 1.29 is 0 Å². The first-order valence-electron chi connectivity index (χ1n) is 6.72. The van der Waals surface area contributed by atoms with E-state index in [2.05, 4.69) is 46.7 Å². The number of hydrogen-bond donors (Lipinski definition) is 2. The first-order valence-corrected chi connectivity index (χ1v) is 6.72. The third kappa shape index (κ3) is 2.57. The van der Waals surface area contributed by atoms with E-state index in [4.69, 9.17) is 0 Å². The maximum Gasteiger partial charge on any atom is 0.0580 e. The number of rotatable bonds is 4. The van der Waals surface area contributed by atoms with Crippen LogP contribution in [0.25, 0.3) is 10.9 Å². The second-order valence-electron chi connectivity index (χ2n) is 4.79. The second-order valence-corrected chi connectivity index (χ2v) is 4.79. The summed E-state index contributed by atoms with van der Waals surface area (Å²) in [6, 6.07) is 18.5. The van der Waals surface area contributed by atoms with E-state index < -0.39 is 0 Å². The van der Waals surface area contributed by atoms with E-state index in [0.717, 1.165) is 23.3 Å². The molecule has 2 aromatic carbocycles. The fourth-order valence-corrected chi connectivity index (χ4v) is 2.31. The van der Waals surface area contributed by atoms with Gasteiger partial charge in [-0.05, 0) is 18.6 Å². The quantitative estimate of drug-likeness (QED) is 0.548. The smallest absolute Gasteiger partial charge is 0.0580 e. The second kappa shape index (κ2) is 5.61. The highest BCUT2D eigenvalue weighted by molar-refractivity contribution is 6.00. The maximum atomic E-state index is 4.33. The van der Waals surface area contributed by atoms with Crippen molar-refractivity contribution in [3.8, 4) is 0 Å². The minimum Gasteiger partial charge on any atom is -0.358 e. The number of aryl methyl sites for hydroxylation is 1. The van der Waals surface area contributed by atoms with Crippen LogP contribution in [0.1, 0.15) is 16.8 Å². The number of fused-ring (bicyclic) bond motifs is 1. The van der Waals surface area contributed by atoms with Gasteiger partial charge < -0.3 is 10.4 Å². The molecule has 0 aliphatic rings. The molecule has 0 atom stereocenters. The van der Waals surface area contributed by atoms with Gasteiger partial charge in [0.15, 0.2) is 0 Å². The largest absolute Gasteiger partial charge is 0.358 e. The number of aromatic amines is 1. The zero-order valence-corrected chi connectivity index (χ0v) is 11.4. The summed E-state index contributed by atoms with van der Waals surface area (Å²) < 4.78 is 0. The summed E-state index contributed by atoms with van der Waals surface area (Å²) >= 11 is 0. The zero-order valence-electron chi connectivity index (χ0n) is 11.4. The van der Waals surface area contributed by atoms with Crippen LogP contribution in [0.4, 0.5) is 0 Å². The van der Waals surface area contributed by atoms with Crippen molar-refractivity contribution in [2.75, 3.05) is 0 Å². The first-order chi connectivity index (χ1) is 9.84. The minimum atomic E-state index is 0.735. The SMILES string of the molecule is Cc1[nH]c2ccccc2c1C=NNCc1ccccc1. The Labute approximate surface area is 118 Å². The molecular formula is C17H17N3. The molecule has 100 valence electrons. The first kappa shape index (κ1) is 12.5. The Balaban J connectivity index is 1.73. The van der Waals surface area contributed by atoms with Crippen LogP contribution in [0.5, 0.6) is 0 Å². The molecule has 3 heteroatoms. The molecule has 1 heterocycles. The molecule has 3 rings (SSSR count). The molecule has 2 N–H and O–H groups in total. The van der Waals surface area contributed by atoms with Crippen LogP contribution in [-0.2, 0) is 6.54 Å². The molecule has 1 aromatic heterocycles. The highest BCUT2D eigenvalue weighted by Gasteiger charge is 2.04. The van der Waals surface area contributed by atoms with Crippen LogP contribution in [-0.4, -0.2) is 11.2 Å². The summed E-state index contributed by atoms with van der Waals surface area (Å²) in [7, 11) is 0. The van der Waals surface area contributed by atoms with Crippen molar-refractivity contribution in [1.82, 2.24) is 10.4 Å². The Morgan fingerprint density at radius 1 is 1.05 bits per heavy atom. The molecule has 0 unspecified atom stereocenters. The number of hydrazone groups is 1. The van der Waals surface area contributed by atoms with Crippen LogP contribution < -0.4 is 5.43 Å². The summed E-state index contributed by atoms with van der Waals surface area (Å²) in [6.07, 6.45) is 1.89. The van der Waals surface area contributed by atoms with Crippen LogP contribution in [0.15, 0.2) is 59.7 Å². The molecule has 0 aliphatic carbocycles. The maximum absolute atomic E-state index is 4.33. The summed E-state index contributed by atoms with van der Waals surface area (Å²) in [4.78, 5) is 3.37. The summed E-state index contributed by atoms with van der Waals surface area (Å²) in [5.41, 5.74) is 7.73. The van der Waals surface area contributed by atoms with Gasteiger partial charge in [-0.1, -0.05) is 48.5 Å². The lowest BCUT2D eigenvalue weighted by molar-refractivity contribution is 0.748. The third-order valence-corrected chi connectivity index (χ3v) is 3.35. The topological polar surface area (TPSA) is 40.2 Å². The lowest BCUT2D eigenvalue weighted by Gasteiger charge is -2.00. The summed E-state index contributed by atoms with van der Waals surface area (Å²) in [6.45, 7) is 2.80. The fraction of sp³-hybridized carbons (Fsp3) is 0.118. The Morgan fingerprint density at radius 2 is 1.80 bits per heavy atom. The normalized spacial score (nSPS) is 11.2. The number of hydrogen-bond acceptors (Lipinski definition) is 2. The number of nitrogens with zero attached hydrogens (tertiary/aromatic N) is 1. The predicted molar refractivity (Wildman–Crippen MR) is 83.9 cm³/mol. The molecule has 3 nitrogen and oxygen atoms in total. The number of benzene rings is 2. The molecule has 0 saturated heterocycles. The monoisotopic (exact) mass is 263 g/mol. The number of para-hydroxylation sites is 1. The van der Waals surface area contributed by atoms with E-state index in [0.29, 0.717) is 0 Å². The van der Waals surface area contributed by atoms with Crippen LogP contribution >= 0.6 is 0 Å². The fourth-order valence-electron chi connectivity index (χ4n) is 2.31. The van der Waals surface area contributed by atoms with Crippen molar-refractivity contribution >= 4 is 17.1 Å². The molecule has 0 aliphatic heterocycles. The van der Waals surface area contributed by atoms with Crippen molar-refractivity contribution in [3.63, 3.8) is 0 Å². The summed E-state index contributed by atoms with van der Waals surface area (Å²) in [5.74, 6) is 0. The van der Waals surface area contributed by atoms with Gasteiger partial charge in [0.25, 0.3) is 0 Å². The van der Waals surface area contributed by atoms with Gasteiger partial charge in [-0.2, -0.15) is 5.10 Å². The molecule has 0 fully saturated rings. The van der Waals surface area contributed by atoms with Gasteiger partial charge in [-0.25, -0.2) is 0 Å². The van der Waals surface area contributed by atoms with Crippen LogP contribution in [0, 0.1) is 6.92 Å². The van der Waals surface area contributed by atoms with E-state index in [1.807, 2.05) is 36.5 Å². The van der Waals surface area contributed by atoms with Crippen molar-refractivity contribution in [2.45, 2.75) is 13.5 Å². The summed E-state index contributed by atoms with van der Waals surface area (Å²) in [5, 5.41) is 5.53. The third-order valence-electron chi connectivity index (χ3n) is 3.35. The van der Waals surface area contributed by atoms with Gasteiger partial charge in [0.1, 0.15) is 0 Å². The molecule has 0 saturated carbocycles. The average Bonchev–Trinajstić information content (AvgIpc) is 2.80. The van der Waals surface area contributed by atoms with Crippen molar-refractivity contribution in [1.29, 1.82) is 0 Å². The van der Waals surface area contributed by atoms with Gasteiger partial charge in [0, 0.05) is 22.2 Å². The minimum absolute atomic E-state index is 0.735. The van der Waals surface area contributed by atoms with Gasteiger partial charge in [-0.3, -0.25) is 0 Å². The van der Waals surface area contributed by atoms with E-state index in [-0.39, 0.29) is 0 Å². The average molecular weight is 263 g/mol. The van der Waals surface area contributed by atoms with E-state index in [1.54, 1.807) is 0 Å². The standard InChI is InChI=1S/C17H17N3/c1-13-16(15-9-5-6-10-17(15)20-13)12-19-18-11-14-7-3-2-4-8-14/h2-10,12,18,20H,11H2,1H3. The van der Waals surface area contributed by atoms with Crippen molar-refractivity contribution in [3.05, 3.63) is 71.4 Å². The molecule has 3 aromatic rings. The lowest BCUT2D eigenvalue weighted by Crippen LogP contribution is -2.05. The number of aromatic nitrogens is 1. The lowest BCUT2D eigenvalue weighted by atomic mass is 10.1. The van der Waals surface area contributed by atoms with Gasteiger partial charge >= 0.3 is 0 Å². The highest BCUT2D eigenvalue weighted by atomic mass is 15.3. The van der Waals surface area contributed by atoms with Gasteiger partial charge in [0.2, 0.25) is 0 Å². The van der Waals surface area contributed by atoms with Crippen molar-refractivity contribution in [2.24, 2.45) is 5.10 Å². The molecule has 0 bridgehead atoms. The number of H-pyrrole nitrogens is 1. The Hall–Kier alpha value is -2.55. The Bertz CT molecular complexity index is 726. The molecule has 0 radical (unpaired) electrons. The zero-order chi connectivity index (χ0) is 13.8. The van der Waals surface area contributed by atoms with Crippen LogP contribution in [0.2, 0.25) is 0 Å². The van der Waals surface area contributed by atoms with Gasteiger partial charge in [-0.15, -0.1) is 0 Å². The van der Waals surface area contributed by atoms with E-state index in [1.165, 1.54) is 10.9 Å². The van der Waals surface area contributed by atoms with E-state index in [9.17, 15) is 0 Å². The number of nitrogens with one attached hydrogen (secondary N) is 2. The molecular weight excluding hydrogens is 246 g/mol. The highest BCUT2D eigenvalue weighted by Crippen LogP contribution is 2.19. The molecule has 0 amide bonds. The Morgan fingerprint density at radius 3 is 2.65 bits per heavy atom. The molecule has 20 heavy (non-hydrogen) atoms. The van der Waals surface area contributed by atoms with E-state index >= 15 is 0 Å². The van der Waals surface area contributed by atoms with Crippen LogP contribution in [0.3, 0.4) is 0 Å². The molecule has 0 spiro atoms. The Kier molecular flexibility index (Phi) is 3.50.